The maximum Gasteiger partial charge on any atom is 0.341 e. The lowest BCUT2D eigenvalue weighted by Crippen LogP contribution is -2.31. The second-order valence-electron chi connectivity index (χ2n) is 9.43. The Morgan fingerprint density at radius 2 is 1.71 bits per heavy atom. The average Bonchev–Trinajstić information content (AvgIpc) is 3.59. The van der Waals surface area contributed by atoms with Gasteiger partial charge in [-0.05, 0) is 46.8 Å². The van der Waals surface area contributed by atoms with Gasteiger partial charge < -0.3 is 9.72 Å². The van der Waals surface area contributed by atoms with Crippen molar-refractivity contribution in [1.82, 2.24) is 9.97 Å². The number of hydrogen-bond donors (Lipinski definition) is 1. The summed E-state index contributed by atoms with van der Waals surface area (Å²) in [7, 11) is 0. The van der Waals surface area contributed by atoms with Gasteiger partial charge in [-0.2, -0.15) is 0 Å². The minimum atomic E-state index is -0.756. The van der Waals surface area contributed by atoms with Gasteiger partial charge in [0.1, 0.15) is 5.03 Å². The van der Waals surface area contributed by atoms with Crippen LogP contribution in [0.4, 0.5) is 5.69 Å². The van der Waals surface area contributed by atoms with Gasteiger partial charge in [-0.1, -0.05) is 72.4 Å². The van der Waals surface area contributed by atoms with Crippen LogP contribution in [-0.2, 0) is 14.3 Å². The summed E-state index contributed by atoms with van der Waals surface area (Å²) in [5, 5.41) is 0.469. The first-order valence-corrected chi connectivity index (χ1v) is 13.8. The van der Waals surface area contributed by atoms with E-state index < -0.39 is 17.8 Å². The monoisotopic (exact) mass is 561 g/mol. The summed E-state index contributed by atoms with van der Waals surface area (Å²) in [6.07, 6.45) is 3.25. The predicted octanol–water partition coefficient (Wildman–Crippen LogP) is 5.69. The van der Waals surface area contributed by atoms with Crippen LogP contribution in [0.5, 0.6) is 0 Å². The highest BCUT2D eigenvalue weighted by atomic mass is 32.2. The summed E-state index contributed by atoms with van der Waals surface area (Å²) in [6, 6.07) is 27.2. The summed E-state index contributed by atoms with van der Waals surface area (Å²) in [6.45, 7) is -0.446. The zero-order valence-corrected chi connectivity index (χ0v) is 22.5. The van der Waals surface area contributed by atoms with Gasteiger partial charge in [-0.15, -0.1) is 0 Å². The maximum absolute atomic E-state index is 13.2. The van der Waals surface area contributed by atoms with Gasteiger partial charge in [-0.3, -0.25) is 14.4 Å². The molecular formula is C32H23N3O5S. The van der Waals surface area contributed by atoms with Crippen molar-refractivity contribution in [2.45, 2.75) is 16.7 Å². The van der Waals surface area contributed by atoms with E-state index in [0.717, 1.165) is 33.8 Å². The van der Waals surface area contributed by atoms with Gasteiger partial charge in [0.2, 0.25) is 11.8 Å². The average molecular weight is 562 g/mol. The van der Waals surface area contributed by atoms with Crippen LogP contribution in [0.25, 0.3) is 22.0 Å². The smallest absolute Gasteiger partial charge is 0.341 e. The number of hydrogen-bond acceptors (Lipinski definition) is 7. The Balaban J connectivity index is 1.11. The van der Waals surface area contributed by atoms with Crippen LogP contribution < -0.4 is 4.90 Å². The Labute approximate surface area is 239 Å². The molecule has 1 N–H and O–H groups in total. The number of aromatic amines is 1. The van der Waals surface area contributed by atoms with Crippen LogP contribution in [0.15, 0.2) is 108 Å². The van der Waals surface area contributed by atoms with Crippen LogP contribution in [0, 0.1) is 0 Å². The number of ether oxygens (including phenoxy) is 1. The molecule has 1 saturated heterocycles. The third-order valence-corrected chi connectivity index (χ3v) is 8.00. The predicted molar refractivity (Wildman–Crippen MR) is 156 cm³/mol. The highest BCUT2D eigenvalue weighted by molar-refractivity contribution is 8.00. The van der Waals surface area contributed by atoms with E-state index >= 15 is 0 Å². The van der Waals surface area contributed by atoms with Gasteiger partial charge in [0, 0.05) is 29.9 Å². The number of carbonyl (C=O) groups is 4. The Morgan fingerprint density at radius 3 is 2.51 bits per heavy atom. The quantitative estimate of drug-likeness (QED) is 0.147. The number of imide groups is 1. The second-order valence-corrected chi connectivity index (χ2v) is 10.6. The fraction of sp³-hybridized carbons (Fsp3) is 0.0938. The van der Waals surface area contributed by atoms with Crippen molar-refractivity contribution in [2.24, 2.45) is 0 Å². The molecule has 2 aromatic heterocycles. The maximum atomic E-state index is 13.2. The van der Waals surface area contributed by atoms with Crippen molar-refractivity contribution in [2.75, 3.05) is 11.5 Å². The molecule has 0 aliphatic carbocycles. The van der Waals surface area contributed by atoms with E-state index in [9.17, 15) is 19.2 Å². The SMILES string of the molecule is O=C(COC(=O)c1cccnc1SC1CC(=O)N(c2ccc3cc[nH]c3c2)C1=O)c1ccc(-c2ccccc2)cc1. The second kappa shape index (κ2) is 11.2. The Kier molecular flexibility index (Phi) is 7.18. The number of nitrogens with zero attached hydrogens (tertiary/aromatic N) is 2. The first-order valence-electron chi connectivity index (χ1n) is 12.9. The number of rotatable bonds is 8. The standard InChI is InChI=1S/C32H23N3O5S/c36-27(23-10-8-21(9-11-23)20-5-2-1-3-6-20)19-40-32(39)25-7-4-15-34-30(25)41-28-18-29(37)35(31(28)38)24-13-12-22-14-16-33-26(22)17-24/h1-17,28,33H,18-19H2. The van der Waals surface area contributed by atoms with E-state index in [1.807, 2.05) is 54.6 Å². The molecule has 1 atom stereocenters. The van der Waals surface area contributed by atoms with E-state index in [-0.39, 0.29) is 34.6 Å². The normalized spacial score (nSPS) is 14.9. The highest BCUT2D eigenvalue weighted by Crippen LogP contribution is 2.35. The molecule has 6 rings (SSSR count). The molecule has 5 aromatic rings. The van der Waals surface area contributed by atoms with Gasteiger partial charge in [-0.25, -0.2) is 14.7 Å². The van der Waals surface area contributed by atoms with E-state index in [2.05, 4.69) is 9.97 Å². The lowest BCUT2D eigenvalue weighted by molar-refractivity contribution is -0.121. The van der Waals surface area contributed by atoms with Gasteiger partial charge in [0.05, 0.1) is 16.5 Å². The van der Waals surface area contributed by atoms with Gasteiger partial charge in [0.15, 0.2) is 12.4 Å². The van der Waals surface area contributed by atoms with E-state index in [4.69, 9.17) is 4.74 Å². The van der Waals surface area contributed by atoms with E-state index in [1.165, 1.54) is 17.2 Å². The van der Waals surface area contributed by atoms with Gasteiger partial charge >= 0.3 is 5.97 Å². The van der Waals surface area contributed by atoms with Crippen LogP contribution in [0.1, 0.15) is 27.1 Å². The molecule has 3 aromatic carbocycles. The zero-order valence-electron chi connectivity index (χ0n) is 21.7. The number of ketones is 1. The zero-order chi connectivity index (χ0) is 28.3. The fourth-order valence-electron chi connectivity index (χ4n) is 4.69. The summed E-state index contributed by atoms with van der Waals surface area (Å²) < 4.78 is 5.33. The molecule has 0 bridgehead atoms. The van der Waals surface area contributed by atoms with Crippen LogP contribution >= 0.6 is 11.8 Å². The number of carbonyl (C=O) groups excluding carboxylic acids is 4. The molecule has 2 amide bonds. The third-order valence-electron chi connectivity index (χ3n) is 6.80. The molecule has 0 saturated carbocycles. The van der Waals surface area contributed by atoms with Crippen molar-refractivity contribution >= 4 is 51.9 Å². The molecule has 9 heteroatoms. The number of thioether (sulfide) groups is 1. The molecular weight excluding hydrogens is 538 g/mol. The number of aromatic nitrogens is 2. The Bertz CT molecular complexity index is 1780. The number of esters is 1. The summed E-state index contributed by atoms with van der Waals surface area (Å²) >= 11 is 1.04. The first-order chi connectivity index (χ1) is 20.0. The van der Waals surface area contributed by atoms with Crippen molar-refractivity contribution in [3.63, 3.8) is 0 Å². The number of fused-ring (bicyclic) bond motifs is 1. The molecule has 1 aliphatic heterocycles. The van der Waals surface area contributed by atoms with Gasteiger partial charge in [0.25, 0.3) is 0 Å². The molecule has 0 spiro atoms. The number of benzene rings is 3. The topological polar surface area (TPSA) is 109 Å². The summed E-state index contributed by atoms with van der Waals surface area (Å²) in [4.78, 5) is 60.3. The van der Waals surface area contributed by atoms with Crippen LogP contribution in [-0.4, -0.2) is 45.4 Å². The lowest BCUT2D eigenvalue weighted by atomic mass is 10.0. The molecule has 41 heavy (non-hydrogen) atoms. The molecule has 3 heterocycles. The largest absolute Gasteiger partial charge is 0.454 e. The highest BCUT2D eigenvalue weighted by Gasteiger charge is 2.41. The minimum absolute atomic E-state index is 0.0329. The number of H-pyrrole nitrogens is 1. The summed E-state index contributed by atoms with van der Waals surface area (Å²) in [5.74, 6) is -1.80. The van der Waals surface area contributed by atoms with Crippen LogP contribution in [0.3, 0.4) is 0 Å². The van der Waals surface area contributed by atoms with Crippen molar-refractivity contribution in [1.29, 1.82) is 0 Å². The first kappa shape index (κ1) is 26.2. The van der Waals surface area contributed by atoms with Crippen molar-refractivity contribution < 1.29 is 23.9 Å². The number of pyridine rings is 1. The van der Waals surface area contributed by atoms with Crippen molar-refractivity contribution in [3.8, 4) is 11.1 Å². The Hall–Kier alpha value is -5.02. The summed E-state index contributed by atoms with van der Waals surface area (Å²) in [5.41, 5.74) is 3.85. The molecule has 0 radical (unpaired) electrons. The van der Waals surface area contributed by atoms with Crippen LogP contribution in [0.2, 0.25) is 0 Å². The Morgan fingerprint density at radius 1 is 0.927 bits per heavy atom. The molecule has 1 fully saturated rings. The number of Topliss-reactive ketones (excluding diaryl/α,β-unsaturated/α-hetero) is 1. The number of nitrogens with one attached hydrogen (secondary N) is 1. The third kappa shape index (κ3) is 5.39. The number of anilines is 1. The van der Waals surface area contributed by atoms with Crippen molar-refractivity contribution in [3.05, 3.63) is 115 Å². The molecule has 202 valence electrons. The molecule has 8 nitrogen and oxygen atoms in total. The fourth-order valence-corrected chi connectivity index (χ4v) is 5.79. The lowest BCUT2D eigenvalue weighted by Gasteiger charge is -2.15. The molecule has 1 aliphatic rings. The molecule has 1 unspecified atom stereocenters. The van der Waals surface area contributed by atoms with E-state index in [0.29, 0.717) is 11.3 Å². The minimum Gasteiger partial charge on any atom is -0.454 e. The number of amides is 2. The van der Waals surface area contributed by atoms with E-state index in [1.54, 1.807) is 36.5 Å².